The van der Waals surface area contributed by atoms with Crippen LogP contribution in [0.15, 0.2) is 41.6 Å². The average molecular weight is 434 g/mol. The van der Waals surface area contributed by atoms with Gasteiger partial charge in [0.15, 0.2) is 0 Å². The fourth-order valence-corrected chi connectivity index (χ4v) is 3.83. The molecule has 0 unspecified atom stereocenters. The second-order valence-electron chi connectivity index (χ2n) is 3.68. The van der Waals surface area contributed by atoms with Gasteiger partial charge in [0.1, 0.15) is 5.84 Å². The molecule has 2 aliphatic rings. The molecule has 0 spiro atoms. The molecular weight excluding hydrogens is 426 g/mol. The molecule has 0 N–H and O–H groups in total. The van der Waals surface area contributed by atoms with Crippen molar-refractivity contribution in [1.82, 2.24) is 4.90 Å². The average Bonchev–Trinajstić information content (AvgIpc) is 2.27. The van der Waals surface area contributed by atoms with Crippen LogP contribution >= 0.6 is 45.2 Å². The highest BCUT2D eigenvalue weighted by atomic mass is 127. The number of amidine groups is 1. The van der Waals surface area contributed by atoms with E-state index in [1.165, 1.54) is 12.7 Å². The maximum atomic E-state index is 4.68. The molecule has 0 saturated heterocycles. The van der Waals surface area contributed by atoms with Gasteiger partial charge in [0.2, 0.25) is 0 Å². The highest BCUT2D eigenvalue weighted by molar-refractivity contribution is 14.1. The fraction of sp³-hybridized carbons (Fsp3) is 0.0833. The number of benzene rings is 1. The van der Waals surface area contributed by atoms with E-state index in [2.05, 4.69) is 79.5 Å². The van der Waals surface area contributed by atoms with Crippen LogP contribution in [0.3, 0.4) is 0 Å². The summed E-state index contributed by atoms with van der Waals surface area (Å²) < 4.78 is 2.54. The minimum atomic E-state index is 0.921. The SMILES string of the molecule is Ic1cc(I)c2c(c1)N=C1C=CC=CN1C2. The molecule has 0 aromatic heterocycles. The van der Waals surface area contributed by atoms with Crippen LogP contribution in [0.4, 0.5) is 5.69 Å². The van der Waals surface area contributed by atoms with Crippen molar-refractivity contribution in [2.45, 2.75) is 6.54 Å². The summed E-state index contributed by atoms with van der Waals surface area (Å²) in [4.78, 5) is 6.86. The Balaban J connectivity index is 2.17. The molecule has 0 radical (unpaired) electrons. The first-order chi connectivity index (χ1) is 7.74. The Labute approximate surface area is 121 Å². The molecule has 3 rings (SSSR count). The largest absolute Gasteiger partial charge is 0.328 e. The van der Waals surface area contributed by atoms with Crippen molar-refractivity contribution in [2.24, 2.45) is 4.99 Å². The Morgan fingerprint density at radius 1 is 1.19 bits per heavy atom. The summed E-state index contributed by atoms with van der Waals surface area (Å²) in [7, 11) is 0. The first-order valence-electron chi connectivity index (χ1n) is 4.92. The van der Waals surface area contributed by atoms with Gasteiger partial charge in [-0.25, -0.2) is 4.99 Å². The van der Waals surface area contributed by atoms with Gasteiger partial charge in [-0.05, 0) is 69.5 Å². The Morgan fingerprint density at radius 2 is 2.06 bits per heavy atom. The number of fused-ring (bicyclic) bond motifs is 2. The van der Waals surface area contributed by atoms with Crippen LogP contribution in [-0.2, 0) is 6.54 Å². The predicted molar refractivity (Wildman–Crippen MR) is 82.8 cm³/mol. The zero-order chi connectivity index (χ0) is 11.1. The summed E-state index contributed by atoms with van der Waals surface area (Å²) in [6.07, 6.45) is 8.20. The van der Waals surface area contributed by atoms with Crippen LogP contribution < -0.4 is 0 Å². The molecule has 4 heteroatoms. The van der Waals surface area contributed by atoms with Gasteiger partial charge in [0.05, 0.1) is 12.2 Å². The van der Waals surface area contributed by atoms with E-state index in [0.29, 0.717) is 0 Å². The summed E-state index contributed by atoms with van der Waals surface area (Å²) in [6.45, 7) is 0.921. The van der Waals surface area contributed by atoms with Crippen LogP contribution in [0.2, 0.25) is 0 Å². The van der Waals surface area contributed by atoms with Crippen LogP contribution in [-0.4, -0.2) is 10.7 Å². The van der Waals surface area contributed by atoms with Crippen LogP contribution in [0.5, 0.6) is 0 Å². The molecule has 0 aliphatic carbocycles. The first-order valence-corrected chi connectivity index (χ1v) is 7.08. The van der Waals surface area contributed by atoms with Crippen molar-refractivity contribution in [1.29, 1.82) is 0 Å². The minimum absolute atomic E-state index is 0.921. The van der Waals surface area contributed by atoms with Crippen molar-refractivity contribution in [3.63, 3.8) is 0 Å². The van der Waals surface area contributed by atoms with Gasteiger partial charge < -0.3 is 4.90 Å². The topological polar surface area (TPSA) is 15.6 Å². The molecular formula is C12H8I2N2. The van der Waals surface area contributed by atoms with E-state index in [0.717, 1.165) is 18.1 Å². The first kappa shape index (κ1) is 10.8. The summed E-state index contributed by atoms with van der Waals surface area (Å²) in [6, 6.07) is 4.35. The number of nitrogens with zero attached hydrogens (tertiary/aromatic N) is 2. The van der Waals surface area contributed by atoms with E-state index >= 15 is 0 Å². The van der Waals surface area contributed by atoms with Crippen LogP contribution in [0, 0.1) is 7.14 Å². The quantitative estimate of drug-likeness (QED) is 0.568. The lowest BCUT2D eigenvalue weighted by atomic mass is 10.1. The molecule has 2 nitrogen and oxygen atoms in total. The highest BCUT2D eigenvalue weighted by Gasteiger charge is 2.19. The van der Waals surface area contributed by atoms with E-state index in [4.69, 9.17) is 0 Å². The number of hydrogen-bond donors (Lipinski definition) is 0. The van der Waals surface area contributed by atoms with Gasteiger partial charge in [-0.1, -0.05) is 6.08 Å². The van der Waals surface area contributed by atoms with E-state index in [1.807, 2.05) is 12.2 Å². The normalized spacial score (nSPS) is 16.9. The molecule has 2 heterocycles. The Morgan fingerprint density at radius 3 is 2.94 bits per heavy atom. The van der Waals surface area contributed by atoms with Crippen LogP contribution in [0.1, 0.15) is 5.56 Å². The third-order valence-corrected chi connectivity index (χ3v) is 4.20. The zero-order valence-electron chi connectivity index (χ0n) is 8.32. The van der Waals surface area contributed by atoms with E-state index in [9.17, 15) is 0 Å². The molecule has 0 bridgehead atoms. The zero-order valence-corrected chi connectivity index (χ0v) is 12.6. The van der Waals surface area contributed by atoms with Crippen LogP contribution in [0.25, 0.3) is 0 Å². The van der Waals surface area contributed by atoms with Crippen molar-refractivity contribution in [3.8, 4) is 0 Å². The number of hydrogen-bond acceptors (Lipinski definition) is 2. The van der Waals surface area contributed by atoms with E-state index in [-0.39, 0.29) is 0 Å². The lowest BCUT2D eigenvalue weighted by Gasteiger charge is -2.28. The van der Waals surface area contributed by atoms with Crippen molar-refractivity contribution >= 4 is 56.7 Å². The number of halogens is 2. The molecule has 0 saturated carbocycles. The van der Waals surface area contributed by atoms with Gasteiger partial charge in [0.25, 0.3) is 0 Å². The smallest absolute Gasteiger partial charge is 0.133 e. The van der Waals surface area contributed by atoms with E-state index in [1.54, 1.807) is 0 Å². The fourth-order valence-electron chi connectivity index (χ4n) is 1.84. The van der Waals surface area contributed by atoms with Gasteiger partial charge in [-0.3, -0.25) is 0 Å². The lowest BCUT2D eigenvalue weighted by Crippen LogP contribution is -2.28. The number of rotatable bonds is 0. The third kappa shape index (κ3) is 1.81. The maximum Gasteiger partial charge on any atom is 0.133 e. The van der Waals surface area contributed by atoms with Crippen molar-refractivity contribution in [3.05, 3.63) is 49.3 Å². The Kier molecular flexibility index (Phi) is 2.78. The van der Waals surface area contributed by atoms with Gasteiger partial charge >= 0.3 is 0 Å². The molecule has 0 atom stereocenters. The number of aliphatic imine (C=N–C) groups is 1. The summed E-state index contributed by atoms with van der Waals surface area (Å²) in [5.41, 5.74) is 2.44. The maximum absolute atomic E-state index is 4.68. The molecule has 1 aromatic rings. The molecule has 80 valence electrons. The Bertz CT molecular complexity index is 544. The number of allylic oxidation sites excluding steroid dienone is 2. The standard InChI is InChI=1S/C12H8I2N2/c13-8-5-10(14)9-7-16-4-2-1-3-12(16)15-11(9)6-8/h1-6H,7H2. The van der Waals surface area contributed by atoms with E-state index < -0.39 is 0 Å². The Hall–Kier alpha value is -0.370. The third-order valence-electron chi connectivity index (χ3n) is 2.62. The molecule has 16 heavy (non-hydrogen) atoms. The second kappa shape index (κ2) is 4.14. The lowest BCUT2D eigenvalue weighted by molar-refractivity contribution is 0.542. The van der Waals surface area contributed by atoms with Gasteiger partial charge in [0, 0.05) is 18.9 Å². The summed E-state index contributed by atoms with van der Waals surface area (Å²) in [5.74, 6) is 1.04. The van der Waals surface area contributed by atoms with Gasteiger partial charge in [-0.2, -0.15) is 0 Å². The summed E-state index contributed by atoms with van der Waals surface area (Å²) >= 11 is 4.73. The van der Waals surface area contributed by atoms with Gasteiger partial charge in [-0.15, -0.1) is 0 Å². The van der Waals surface area contributed by atoms with Crippen molar-refractivity contribution in [2.75, 3.05) is 0 Å². The second-order valence-corrected chi connectivity index (χ2v) is 6.09. The molecule has 2 aliphatic heterocycles. The predicted octanol–water partition coefficient (Wildman–Crippen LogP) is 3.82. The van der Waals surface area contributed by atoms with Crippen molar-refractivity contribution < 1.29 is 0 Å². The molecule has 0 amide bonds. The molecule has 0 fully saturated rings. The summed E-state index contributed by atoms with van der Waals surface area (Å²) in [5, 5.41) is 0. The highest BCUT2D eigenvalue weighted by Crippen LogP contribution is 2.33. The minimum Gasteiger partial charge on any atom is -0.328 e. The monoisotopic (exact) mass is 434 g/mol. The molecule has 1 aromatic carbocycles.